The summed E-state index contributed by atoms with van der Waals surface area (Å²) < 4.78 is 6.35. The fourth-order valence-corrected chi connectivity index (χ4v) is 14.2. The highest BCUT2D eigenvalue weighted by Crippen LogP contribution is 2.52. The van der Waals surface area contributed by atoms with E-state index in [1.54, 1.807) is 0 Å². The average molecular weight is 1030 g/mol. The number of likely N-dealkylation sites (tertiary alicyclic amines) is 1. The number of amides is 1. The molecule has 4 heterocycles. The minimum absolute atomic E-state index is 0.00398. The molecule has 4 saturated carbocycles. The predicted octanol–water partition coefficient (Wildman–Crippen LogP) is 12.4. The first-order chi connectivity index (χ1) is 36.7. The van der Waals surface area contributed by atoms with Crippen LogP contribution in [0, 0.1) is 23.7 Å². The quantitative estimate of drug-likeness (QED) is 0.111. The number of nitrogens with zero attached hydrogens (tertiary/aromatic N) is 2. The van der Waals surface area contributed by atoms with Crippen LogP contribution in [0.2, 0.25) is 0 Å². The summed E-state index contributed by atoms with van der Waals surface area (Å²) in [5.41, 5.74) is 8.72. The SMILES string of the molecule is C1CCC([C@H]2CCCN2)CC1.N[C@H](CO)c1ccccc1.O=C(O)CCC(=O)C1CCCCC1.O=C1CC[C@@]2(C3CCCCC3)OC[C@H](c3ccccc3)N12.OC[C@H](c1ccccc1)N1CCC[C@@H]1C1CCCCC1. The van der Waals surface area contributed by atoms with Gasteiger partial charge in [-0.05, 0) is 119 Å². The standard InChI is InChI=1S/C18H23NO2.C18H27NO.C10H19N.C10H16O3.C8H11NO/c20-17-11-12-18(15-9-5-2-6-10-15)19(17)16(13-21-18)14-7-3-1-4-8-14;20-14-18(16-10-5-2-6-11-16)19-13-7-12-17(19)15-8-3-1-4-9-15;1-2-5-9(6-3-1)10-7-4-8-11-10;11-9(6-7-10(12)13)8-4-2-1-3-5-8;9-8(6-10)7-4-2-1-3-5-7/h1,3-4,7-8,15-16H,2,5-6,9-13H2;2,5-6,10-11,15,17-18,20H,1,3-4,7-9,12-14H2;9-11H,1-8H2;8H,1-7H2,(H,12,13);1-5,8,10H,6,9H2/t16-,18+;17-,18-;10-;;8-/m111.1/s1. The van der Waals surface area contributed by atoms with E-state index in [1.165, 1.54) is 146 Å². The second kappa shape index (κ2) is 31.4. The first-order valence-corrected chi connectivity index (χ1v) is 30.0. The third-order valence-electron chi connectivity index (χ3n) is 18.3. The number of benzene rings is 3. The maximum absolute atomic E-state index is 12.5. The van der Waals surface area contributed by atoms with Gasteiger partial charge in [0.25, 0.3) is 0 Å². The van der Waals surface area contributed by atoms with Crippen molar-refractivity contribution in [2.75, 3.05) is 32.9 Å². The van der Waals surface area contributed by atoms with Crippen molar-refractivity contribution in [3.05, 3.63) is 108 Å². The molecule has 0 spiro atoms. The molecule has 6 N–H and O–H groups in total. The van der Waals surface area contributed by atoms with Crippen LogP contribution in [0.3, 0.4) is 0 Å². The van der Waals surface area contributed by atoms with Crippen molar-refractivity contribution >= 4 is 17.7 Å². The molecule has 0 aromatic heterocycles. The molecule has 8 fully saturated rings. The molecule has 4 aliphatic carbocycles. The summed E-state index contributed by atoms with van der Waals surface area (Å²) in [6, 6.07) is 32.2. The highest BCUT2D eigenvalue weighted by molar-refractivity contribution is 5.84. The van der Waals surface area contributed by atoms with Crippen molar-refractivity contribution in [1.29, 1.82) is 0 Å². The number of carbonyl (C=O) groups excluding carboxylic acids is 2. The normalized spacial score (nSPS) is 26.5. The van der Waals surface area contributed by atoms with Gasteiger partial charge in [-0.1, -0.05) is 168 Å². The van der Waals surface area contributed by atoms with Gasteiger partial charge >= 0.3 is 5.97 Å². The molecule has 11 heteroatoms. The topological polar surface area (TPSA) is 166 Å². The largest absolute Gasteiger partial charge is 0.481 e. The zero-order valence-electron chi connectivity index (χ0n) is 45.6. The van der Waals surface area contributed by atoms with E-state index in [4.69, 9.17) is 20.7 Å². The fourth-order valence-electron chi connectivity index (χ4n) is 14.2. The molecule has 0 radical (unpaired) electrons. The highest BCUT2D eigenvalue weighted by Gasteiger charge is 2.58. The molecule has 6 atom stereocenters. The number of aliphatic carboxylic acids is 1. The molecule has 1 amide bonds. The minimum Gasteiger partial charge on any atom is -0.481 e. The molecule has 0 bridgehead atoms. The molecule has 11 nitrogen and oxygen atoms in total. The van der Waals surface area contributed by atoms with E-state index in [1.807, 2.05) is 36.4 Å². The molecule has 0 unspecified atom stereocenters. The molecule has 3 aromatic carbocycles. The molecule has 75 heavy (non-hydrogen) atoms. The van der Waals surface area contributed by atoms with Crippen molar-refractivity contribution in [1.82, 2.24) is 15.1 Å². The molecule has 4 aliphatic heterocycles. The van der Waals surface area contributed by atoms with Crippen molar-refractivity contribution in [3.63, 3.8) is 0 Å². The second-order valence-electron chi connectivity index (χ2n) is 23.1. The third-order valence-corrected chi connectivity index (χ3v) is 18.3. The summed E-state index contributed by atoms with van der Waals surface area (Å²) in [4.78, 5) is 38.9. The number of fused-ring (bicyclic) bond motifs is 1. The summed E-state index contributed by atoms with van der Waals surface area (Å²) in [5.74, 6) is 2.16. The number of carbonyl (C=O) groups is 3. The molecule has 11 rings (SSSR count). The predicted molar refractivity (Wildman–Crippen MR) is 300 cm³/mol. The summed E-state index contributed by atoms with van der Waals surface area (Å²) in [7, 11) is 0. The van der Waals surface area contributed by atoms with Crippen molar-refractivity contribution < 1.29 is 34.4 Å². The monoisotopic (exact) mass is 1030 g/mol. The maximum atomic E-state index is 12.5. The molecule has 414 valence electrons. The Labute approximate surface area is 451 Å². The maximum Gasteiger partial charge on any atom is 0.303 e. The number of hydrogen-bond donors (Lipinski definition) is 5. The number of Topliss-reactive ketones (excluding diaryl/α,β-unsaturated/α-hetero) is 1. The van der Waals surface area contributed by atoms with Crippen LogP contribution in [-0.4, -0.2) is 93.5 Å². The van der Waals surface area contributed by atoms with Crippen molar-refractivity contribution in [2.24, 2.45) is 29.4 Å². The smallest absolute Gasteiger partial charge is 0.303 e. The van der Waals surface area contributed by atoms with Gasteiger partial charge in [0.2, 0.25) is 5.91 Å². The van der Waals surface area contributed by atoms with Gasteiger partial charge in [-0.15, -0.1) is 0 Å². The van der Waals surface area contributed by atoms with Gasteiger partial charge in [-0.25, -0.2) is 0 Å². The van der Waals surface area contributed by atoms with Crippen LogP contribution in [0.25, 0.3) is 0 Å². The Morgan fingerprint density at radius 1 is 0.640 bits per heavy atom. The lowest BCUT2D eigenvalue weighted by molar-refractivity contribution is -0.149. The number of hydrogen-bond acceptors (Lipinski definition) is 9. The van der Waals surface area contributed by atoms with Crippen LogP contribution >= 0.6 is 0 Å². The lowest BCUT2D eigenvalue weighted by atomic mass is 9.80. The molecule has 8 aliphatic rings. The number of rotatable bonds is 13. The first-order valence-electron chi connectivity index (χ1n) is 30.0. The van der Waals surface area contributed by atoms with E-state index in [2.05, 4.69) is 69.7 Å². The summed E-state index contributed by atoms with van der Waals surface area (Å²) in [5, 5.41) is 30.6. The highest BCUT2D eigenvalue weighted by atomic mass is 16.5. The Kier molecular flexibility index (Phi) is 24.6. The van der Waals surface area contributed by atoms with Gasteiger partial charge in [0, 0.05) is 43.2 Å². The average Bonchev–Trinajstić information content (AvgIpc) is 4.33. The van der Waals surface area contributed by atoms with Crippen LogP contribution in [0.15, 0.2) is 91.0 Å². The van der Waals surface area contributed by atoms with Crippen LogP contribution in [0.1, 0.15) is 215 Å². The van der Waals surface area contributed by atoms with E-state index in [0.29, 0.717) is 25.0 Å². The van der Waals surface area contributed by atoms with E-state index in [0.717, 1.165) is 62.1 Å². The van der Waals surface area contributed by atoms with Crippen molar-refractivity contribution in [2.45, 2.75) is 216 Å². The van der Waals surface area contributed by atoms with Crippen LogP contribution < -0.4 is 11.1 Å². The number of ether oxygens (including phenoxy) is 1. The number of carboxylic acids is 1. The fraction of sp³-hybridized carbons (Fsp3) is 0.672. The Morgan fingerprint density at radius 2 is 1.20 bits per heavy atom. The van der Waals surface area contributed by atoms with Gasteiger partial charge in [-0.3, -0.25) is 19.3 Å². The zero-order chi connectivity index (χ0) is 52.7. The first kappa shape index (κ1) is 58.7. The van der Waals surface area contributed by atoms with E-state index >= 15 is 0 Å². The molecular weight excluding hydrogens is 937 g/mol. The van der Waals surface area contributed by atoms with Gasteiger partial charge in [0.05, 0.1) is 44.4 Å². The molecular formula is C64H96N4O7. The number of aliphatic hydroxyl groups is 2. The van der Waals surface area contributed by atoms with E-state index < -0.39 is 5.97 Å². The summed E-state index contributed by atoms with van der Waals surface area (Å²) in [6.07, 6.45) is 33.5. The number of nitrogens with two attached hydrogens (primary N) is 1. The number of carboxylic acid groups (broad SMARTS) is 1. The van der Waals surface area contributed by atoms with Crippen LogP contribution in [-0.2, 0) is 19.1 Å². The minimum atomic E-state index is -0.871. The van der Waals surface area contributed by atoms with Crippen LogP contribution in [0.5, 0.6) is 0 Å². The van der Waals surface area contributed by atoms with Gasteiger partial charge in [-0.2, -0.15) is 0 Å². The van der Waals surface area contributed by atoms with Gasteiger partial charge in [0.1, 0.15) is 11.5 Å². The Bertz CT molecular complexity index is 2070. The third kappa shape index (κ3) is 17.0. The second-order valence-corrected chi connectivity index (χ2v) is 23.1. The van der Waals surface area contributed by atoms with Gasteiger partial charge < -0.3 is 36.0 Å². The van der Waals surface area contributed by atoms with Crippen molar-refractivity contribution in [3.8, 4) is 0 Å². The lowest BCUT2D eigenvalue weighted by Gasteiger charge is -2.41. The lowest BCUT2D eigenvalue weighted by Crippen LogP contribution is -2.49. The number of ketones is 1. The molecule has 4 saturated heterocycles. The summed E-state index contributed by atoms with van der Waals surface area (Å²) in [6.45, 7) is 3.34. The zero-order valence-corrected chi connectivity index (χ0v) is 45.6. The van der Waals surface area contributed by atoms with E-state index in [-0.39, 0.29) is 67.5 Å². The van der Waals surface area contributed by atoms with E-state index in [9.17, 15) is 19.5 Å². The Hall–Kier alpha value is -3.97. The summed E-state index contributed by atoms with van der Waals surface area (Å²) >= 11 is 0. The number of aliphatic hydroxyl groups excluding tert-OH is 2. The number of nitrogens with one attached hydrogen (secondary N) is 1. The Balaban J connectivity index is 0.000000141. The Morgan fingerprint density at radius 3 is 1.76 bits per heavy atom. The van der Waals surface area contributed by atoms with Gasteiger partial charge in [0.15, 0.2) is 0 Å². The molecule has 3 aromatic rings. The van der Waals surface area contributed by atoms with Crippen LogP contribution in [0.4, 0.5) is 0 Å².